The van der Waals surface area contributed by atoms with Crippen molar-refractivity contribution in [1.82, 2.24) is 10.2 Å². The number of ether oxygens (including phenoxy) is 3. The van der Waals surface area contributed by atoms with Crippen molar-refractivity contribution in [2.45, 2.75) is 13.2 Å². The van der Waals surface area contributed by atoms with Crippen LogP contribution in [0.5, 0.6) is 11.5 Å². The van der Waals surface area contributed by atoms with Crippen LogP contribution in [-0.2, 0) is 17.9 Å². The summed E-state index contributed by atoms with van der Waals surface area (Å²) in [7, 11) is 1.62. The van der Waals surface area contributed by atoms with Crippen LogP contribution < -0.4 is 14.8 Å². The summed E-state index contributed by atoms with van der Waals surface area (Å²) in [5, 5.41) is 5.08. The van der Waals surface area contributed by atoms with Crippen LogP contribution in [0.25, 0.3) is 0 Å². The Hall–Kier alpha value is -1.21. The van der Waals surface area contributed by atoms with E-state index in [1.165, 1.54) is 0 Å². The second-order valence-corrected chi connectivity index (χ2v) is 7.98. The minimum Gasteiger partial charge on any atom is -0.493 e. The van der Waals surface area contributed by atoms with Gasteiger partial charge in [0.25, 0.3) is 0 Å². The molecule has 0 aromatic heterocycles. The van der Waals surface area contributed by atoms with Gasteiger partial charge in [-0.15, -0.1) is 0 Å². The predicted octanol–water partition coefficient (Wildman–Crippen LogP) is 4.66. The van der Waals surface area contributed by atoms with E-state index in [-0.39, 0.29) is 0 Å². The van der Waals surface area contributed by atoms with E-state index in [4.69, 9.17) is 49.0 Å². The molecule has 0 saturated carbocycles. The van der Waals surface area contributed by atoms with Crippen molar-refractivity contribution in [3.63, 3.8) is 0 Å². The van der Waals surface area contributed by atoms with E-state index in [0.29, 0.717) is 39.7 Å². The third-order valence-electron chi connectivity index (χ3n) is 4.73. The van der Waals surface area contributed by atoms with Crippen molar-refractivity contribution in [1.29, 1.82) is 0 Å². The van der Waals surface area contributed by atoms with Gasteiger partial charge < -0.3 is 19.5 Å². The minimum absolute atomic E-state index is 0.334. The van der Waals surface area contributed by atoms with Gasteiger partial charge >= 0.3 is 0 Å². The zero-order valence-corrected chi connectivity index (χ0v) is 18.6. The second kappa shape index (κ2) is 11.3. The smallest absolute Gasteiger partial charge is 0.163 e. The van der Waals surface area contributed by atoms with Crippen LogP contribution >= 0.6 is 34.8 Å². The Morgan fingerprint density at radius 2 is 1.79 bits per heavy atom. The van der Waals surface area contributed by atoms with Crippen molar-refractivity contribution < 1.29 is 14.2 Å². The highest BCUT2D eigenvalue weighted by Crippen LogP contribution is 2.34. The summed E-state index contributed by atoms with van der Waals surface area (Å²) in [6.07, 6.45) is 0. The molecule has 1 fully saturated rings. The van der Waals surface area contributed by atoms with Crippen molar-refractivity contribution in [2.75, 3.05) is 46.5 Å². The Morgan fingerprint density at radius 1 is 1.00 bits per heavy atom. The lowest BCUT2D eigenvalue weighted by Crippen LogP contribution is -2.40. The molecule has 8 heteroatoms. The van der Waals surface area contributed by atoms with Crippen LogP contribution in [0.3, 0.4) is 0 Å². The van der Waals surface area contributed by atoms with Crippen molar-refractivity contribution in [3.05, 3.63) is 56.5 Å². The van der Waals surface area contributed by atoms with Gasteiger partial charge in [-0.1, -0.05) is 40.9 Å². The third-order valence-corrected chi connectivity index (χ3v) is 5.83. The Labute approximate surface area is 186 Å². The summed E-state index contributed by atoms with van der Waals surface area (Å²) in [5.41, 5.74) is 1.87. The second-order valence-electron chi connectivity index (χ2n) is 6.76. The van der Waals surface area contributed by atoms with Crippen LogP contribution in [0.1, 0.15) is 11.1 Å². The summed E-state index contributed by atoms with van der Waals surface area (Å²) in [6.45, 7) is 6.46. The van der Waals surface area contributed by atoms with Gasteiger partial charge in [0, 0.05) is 43.8 Å². The average molecular weight is 460 g/mol. The highest BCUT2D eigenvalue weighted by Gasteiger charge is 2.12. The van der Waals surface area contributed by atoms with E-state index in [9.17, 15) is 0 Å². The number of methoxy groups -OCH3 is 1. The zero-order valence-electron chi connectivity index (χ0n) is 16.3. The van der Waals surface area contributed by atoms with Crippen LogP contribution in [0.15, 0.2) is 30.3 Å². The minimum atomic E-state index is 0.334. The van der Waals surface area contributed by atoms with Gasteiger partial charge in [0.2, 0.25) is 0 Å². The number of nitrogens with one attached hydrogen (secondary N) is 1. The lowest BCUT2D eigenvalue weighted by atomic mass is 10.2. The molecule has 0 aliphatic carbocycles. The summed E-state index contributed by atoms with van der Waals surface area (Å²) in [6, 6.07) is 9.10. The number of hydrogen-bond acceptors (Lipinski definition) is 5. The van der Waals surface area contributed by atoms with E-state index in [0.717, 1.165) is 50.5 Å². The molecule has 0 radical (unpaired) electrons. The SMILES string of the molecule is COc1cc(CNCCN2CCOCC2)c(Cl)cc1OCc1ccc(Cl)c(Cl)c1. The molecule has 1 aliphatic rings. The third kappa shape index (κ3) is 6.64. The molecule has 1 saturated heterocycles. The molecule has 1 N–H and O–H groups in total. The number of benzene rings is 2. The van der Waals surface area contributed by atoms with E-state index in [2.05, 4.69) is 10.2 Å². The first kappa shape index (κ1) is 22.5. The average Bonchev–Trinajstić information content (AvgIpc) is 2.73. The lowest BCUT2D eigenvalue weighted by molar-refractivity contribution is 0.0384. The molecule has 3 rings (SSSR count). The van der Waals surface area contributed by atoms with Crippen LogP contribution in [0.2, 0.25) is 15.1 Å². The maximum Gasteiger partial charge on any atom is 0.163 e. The highest BCUT2D eigenvalue weighted by atomic mass is 35.5. The fourth-order valence-corrected chi connectivity index (χ4v) is 3.60. The van der Waals surface area contributed by atoms with Crippen molar-refractivity contribution >= 4 is 34.8 Å². The maximum absolute atomic E-state index is 6.47. The lowest BCUT2D eigenvalue weighted by Gasteiger charge is -2.26. The molecule has 1 aliphatic heterocycles. The quantitative estimate of drug-likeness (QED) is 0.553. The number of morpholine rings is 1. The topological polar surface area (TPSA) is 43.0 Å². The Kier molecular flexibility index (Phi) is 8.72. The van der Waals surface area contributed by atoms with Crippen LogP contribution in [0.4, 0.5) is 0 Å². The van der Waals surface area contributed by atoms with Gasteiger partial charge in [0.05, 0.1) is 30.4 Å². The largest absolute Gasteiger partial charge is 0.493 e. The summed E-state index contributed by atoms with van der Waals surface area (Å²) in [4.78, 5) is 2.39. The maximum atomic E-state index is 6.47. The first-order valence-electron chi connectivity index (χ1n) is 9.51. The first-order valence-corrected chi connectivity index (χ1v) is 10.6. The van der Waals surface area contributed by atoms with Crippen molar-refractivity contribution in [3.8, 4) is 11.5 Å². The zero-order chi connectivity index (χ0) is 20.6. The van der Waals surface area contributed by atoms with E-state index >= 15 is 0 Å². The fourth-order valence-electron chi connectivity index (χ4n) is 3.06. The molecule has 29 heavy (non-hydrogen) atoms. The highest BCUT2D eigenvalue weighted by molar-refractivity contribution is 6.42. The molecule has 0 amide bonds. The molecule has 0 unspecified atom stereocenters. The van der Waals surface area contributed by atoms with Crippen LogP contribution in [-0.4, -0.2) is 51.4 Å². The normalized spacial score (nSPS) is 14.8. The molecule has 0 atom stereocenters. The van der Waals surface area contributed by atoms with E-state index in [1.54, 1.807) is 25.3 Å². The molecular formula is C21H25Cl3N2O3. The summed E-state index contributed by atoms with van der Waals surface area (Å²) < 4.78 is 16.8. The molecule has 5 nitrogen and oxygen atoms in total. The summed E-state index contributed by atoms with van der Waals surface area (Å²) >= 11 is 18.5. The van der Waals surface area contributed by atoms with Crippen molar-refractivity contribution in [2.24, 2.45) is 0 Å². The van der Waals surface area contributed by atoms with E-state index in [1.807, 2.05) is 12.1 Å². The van der Waals surface area contributed by atoms with Crippen LogP contribution in [0, 0.1) is 0 Å². The van der Waals surface area contributed by atoms with Gasteiger partial charge in [-0.05, 0) is 29.3 Å². The molecule has 158 valence electrons. The van der Waals surface area contributed by atoms with Gasteiger partial charge in [-0.25, -0.2) is 0 Å². The molecule has 2 aromatic rings. The van der Waals surface area contributed by atoms with Gasteiger partial charge in [-0.3, -0.25) is 4.90 Å². The number of halogens is 3. The number of nitrogens with zero attached hydrogens (tertiary/aromatic N) is 1. The predicted molar refractivity (Wildman–Crippen MR) is 118 cm³/mol. The number of rotatable bonds is 9. The Balaban J connectivity index is 1.55. The number of hydrogen-bond donors (Lipinski definition) is 1. The molecule has 1 heterocycles. The molecule has 0 bridgehead atoms. The van der Waals surface area contributed by atoms with Gasteiger partial charge in [0.1, 0.15) is 6.61 Å². The van der Waals surface area contributed by atoms with Gasteiger partial charge in [-0.2, -0.15) is 0 Å². The Bertz CT molecular complexity index is 814. The van der Waals surface area contributed by atoms with Gasteiger partial charge in [0.15, 0.2) is 11.5 Å². The molecule has 0 spiro atoms. The molecular weight excluding hydrogens is 435 g/mol. The van der Waals surface area contributed by atoms with E-state index < -0.39 is 0 Å². The Morgan fingerprint density at radius 3 is 2.52 bits per heavy atom. The fraction of sp³-hybridized carbons (Fsp3) is 0.429. The standard InChI is InChI=1S/C21H25Cl3N2O3/c1-27-20-11-16(13-25-4-5-26-6-8-28-9-7-26)18(23)12-21(20)29-14-15-2-3-17(22)19(24)10-15/h2-3,10-12,25H,4-9,13-14H2,1H3. The summed E-state index contributed by atoms with van der Waals surface area (Å²) in [5.74, 6) is 1.22. The monoisotopic (exact) mass is 458 g/mol. The molecule has 2 aromatic carbocycles. The first-order chi connectivity index (χ1) is 14.1.